The molecule has 0 radical (unpaired) electrons. The molecule has 0 aromatic heterocycles. The molecule has 1 fully saturated rings. The molecule has 170 valence electrons. The number of halogens is 1. The van der Waals surface area contributed by atoms with Gasteiger partial charge in [0.25, 0.3) is 5.91 Å². The number of anilines is 1. The first-order chi connectivity index (χ1) is 15.2. The van der Waals surface area contributed by atoms with Crippen molar-refractivity contribution in [3.05, 3.63) is 58.6 Å². The fourth-order valence-corrected chi connectivity index (χ4v) is 4.68. The van der Waals surface area contributed by atoms with Gasteiger partial charge in [-0.25, -0.2) is 13.2 Å². The second-order valence-corrected chi connectivity index (χ2v) is 9.23. The van der Waals surface area contributed by atoms with Gasteiger partial charge in [0.1, 0.15) is 0 Å². The largest absolute Gasteiger partial charge is 0.452 e. The summed E-state index contributed by atoms with van der Waals surface area (Å²) >= 11 is 6.06. The first-order valence-electron chi connectivity index (χ1n) is 9.64. The normalized spacial score (nSPS) is 14.6. The molecule has 1 N–H and O–H groups in total. The summed E-state index contributed by atoms with van der Waals surface area (Å²) in [5, 5.41) is 2.49. The number of esters is 1. The van der Waals surface area contributed by atoms with Crippen LogP contribution in [0.25, 0.3) is 0 Å². The zero-order valence-corrected chi connectivity index (χ0v) is 18.7. The summed E-state index contributed by atoms with van der Waals surface area (Å²) in [4.78, 5) is 36.2. The lowest BCUT2D eigenvalue weighted by Crippen LogP contribution is -2.40. The van der Waals surface area contributed by atoms with Gasteiger partial charge in [-0.15, -0.1) is 0 Å². The van der Waals surface area contributed by atoms with Gasteiger partial charge in [0.15, 0.2) is 12.4 Å². The number of rotatable bonds is 7. The van der Waals surface area contributed by atoms with E-state index in [0.29, 0.717) is 5.56 Å². The maximum absolute atomic E-state index is 12.8. The molecule has 9 nitrogen and oxygen atoms in total. The Bertz CT molecular complexity index is 1140. The summed E-state index contributed by atoms with van der Waals surface area (Å²) in [5.74, 6) is -1.85. The number of Topliss-reactive ketones (excluding diaryl/α,β-unsaturated/α-hetero) is 1. The summed E-state index contributed by atoms with van der Waals surface area (Å²) in [7, 11) is -3.84. The Hall–Kier alpha value is -2.79. The minimum Gasteiger partial charge on any atom is -0.452 e. The zero-order chi connectivity index (χ0) is 23.3. The van der Waals surface area contributed by atoms with E-state index < -0.39 is 28.5 Å². The van der Waals surface area contributed by atoms with E-state index >= 15 is 0 Å². The highest BCUT2D eigenvalue weighted by Crippen LogP contribution is 2.24. The molecule has 1 saturated heterocycles. The van der Waals surface area contributed by atoms with E-state index in [4.69, 9.17) is 21.1 Å². The standard InChI is InChI=1S/C21H21ClN2O7S/c1-14(25)16-4-2-3-5-19(16)23-20(26)13-31-21(27)17-12-15(6-7-18(17)22)32(28,29)24-8-10-30-11-9-24/h2-7,12H,8-11,13H2,1H3,(H,23,26). The topological polar surface area (TPSA) is 119 Å². The van der Waals surface area contributed by atoms with Crippen molar-refractivity contribution in [1.29, 1.82) is 0 Å². The number of hydrogen-bond acceptors (Lipinski definition) is 7. The highest BCUT2D eigenvalue weighted by molar-refractivity contribution is 7.89. The van der Waals surface area contributed by atoms with Gasteiger partial charge < -0.3 is 14.8 Å². The van der Waals surface area contributed by atoms with E-state index in [1.165, 1.54) is 23.4 Å². The predicted molar refractivity (Wildman–Crippen MR) is 116 cm³/mol. The molecule has 1 amide bonds. The lowest BCUT2D eigenvalue weighted by molar-refractivity contribution is -0.119. The van der Waals surface area contributed by atoms with E-state index in [-0.39, 0.29) is 53.3 Å². The maximum atomic E-state index is 12.8. The number of sulfonamides is 1. The van der Waals surface area contributed by atoms with Crippen LogP contribution in [0.3, 0.4) is 0 Å². The van der Waals surface area contributed by atoms with Crippen molar-refractivity contribution < 1.29 is 32.3 Å². The Balaban J connectivity index is 1.69. The molecular weight excluding hydrogens is 460 g/mol. The number of carbonyl (C=O) groups excluding carboxylic acids is 3. The summed E-state index contributed by atoms with van der Waals surface area (Å²) in [5.41, 5.74) is 0.423. The second-order valence-electron chi connectivity index (χ2n) is 6.88. The summed E-state index contributed by atoms with van der Waals surface area (Å²) in [6.07, 6.45) is 0. The molecule has 0 aliphatic carbocycles. The average molecular weight is 481 g/mol. The van der Waals surface area contributed by atoms with Crippen LogP contribution in [0.1, 0.15) is 27.6 Å². The van der Waals surface area contributed by atoms with Crippen LogP contribution >= 0.6 is 11.6 Å². The third-order valence-corrected chi connectivity index (χ3v) is 6.90. The summed E-state index contributed by atoms with van der Waals surface area (Å²) in [6.45, 7) is 1.68. The van der Waals surface area contributed by atoms with Crippen LogP contribution in [0.5, 0.6) is 0 Å². The highest BCUT2D eigenvalue weighted by atomic mass is 35.5. The number of nitrogens with zero attached hydrogens (tertiary/aromatic N) is 1. The Morgan fingerprint density at radius 2 is 1.78 bits per heavy atom. The lowest BCUT2D eigenvalue weighted by atomic mass is 10.1. The van der Waals surface area contributed by atoms with Crippen LogP contribution in [0.15, 0.2) is 47.4 Å². The average Bonchev–Trinajstić information content (AvgIpc) is 2.78. The number of ketones is 1. The van der Waals surface area contributed by atoms with Crippen molar-refractivity contribution >= 4 is 45.0 Å². The molecule has 0 unspecified atom stereocenters. The number of amides is 1. The molecule has 1 aliphatic rings. The predicted octanol–water partition coefficient (Wildman–Crippen LogP) is 2.36. The van der Waals surface area contributed by atoms with Crippen molar-refractivity contribution in [3.63, 3.8) is 0 Å². The molecule has 11 heteroatoms. The van der Waals surface area contributed by atoms with Crippen LogP contribution < -0.4 is 5.32 Å². The highest BCUT2D eigenvalue weighted by Gasteiger charge is 2.28. The molecule has 1 aliphatic heterocycles. The van der Waals surface area contributed by atoms with E-state index in [1.807, 2.05) is 0 Å². The Morgan fingerprint density at radius 1 is 1.09 bits per heavy atom. The van der Waals surface area contributed by atoms with Gasteiger partial charge in [-0.1, -0.05) is 23.7 Å². The molecule has 3 rings (SSSR count). The minimum absolute atomic E-state index is 0.0155. The molecular formula is C21H21ClN2O7S. The SMILES string of the molecule is CC(=O)c1ccccc1NC(=O)COC(=O)c1cc(S(=O)(=O)N2CCOCC2)ccc1Cl. The van der Waals surface area contributed by atoms with Gasteiger partial charge in [0, 0.05) is 18.7 Å². The fraction of sp³-hybridized carbons (Fsp3) is 0.286. The van der Waals surface area contributed by atoms with Crippen LogP contribution in [-0.2, 0) is 24.3 Å². The molecule has 0 bridgehead atoms. The minimum atomic E-state index is -3.84. The van der Waals surface area contributed by atoms with Gasteiger partial charge in [0.2, 0.25) is 10.0 Å². The third-order valence-electron chi connectivity index (χ3n) is 4.68. The first kappa shape index (κ1) is 23.9. The maximum Gasteiger partial charge on any atom is 0.340 e. The van der Waals surface area contributed by atoms with Gasteiger partial charge >= 0.3 is 5.97 Å². The fourth-order valence-electron chi connectivity index (χ4n) is 3.05. The number of carbonyl (C=O) groups is 3. The van der Waals surface area contributed by atoms with Crippen LogP contribution in [0.4, 0.5) is 5.69 Å². The van der Waals surface area contributed by atoms with E-state index in [0.717, 1.165) is 6.07 Å². The molecule has 0 atom stereocenters. The number of ether oxygens (including phenoxy) is 2. The van der Waals surface area contributed by atoms with Gasteiger partial charge in [0.05, 0.1) is 34.4 Å². The van der Waals surface area contributed by atoms with Crippen molar-refractivity contribution in [2.45, 2.75) is 11.8 Å². The van der Waals surface area contributed by atoms with Crippen LogP contribution in [-0.4, -0.2) is 63.3 Å². The van der Waals surface area contributed by atoms with E-state index in [1.54, 1.807) is 24.3 Å². The summed E-state index contributed by atoms with van der Waals surface area (Å²) in [6, 6.07) is 10.1. The van der Waals surface area contributed by atoms with Gasteiger partial charge in [-0.05, 0) is 37.3 Å². The third kappa shape index (κ3) is 5.52. The van der Waals surface area contributed by atoms with Crippen molar-refractivity contribution in [3.8, 4) is 0 Å². The number of morpholine rings is 1. The van der Waals surface area contributed by atoms with E-state index in [2.05, 4.69) is 5.32 Å². The Kier molecular flexibility index (Phi) is 7.62. The molecule has 0 spiro atoms. The van der Waals surface area contributed by atoms with Gasteiger partial charge in [-0.3, -0.25) is 9.59 Å². The second kappa shape index (κ2) is 10.2. The Labute approximate surface area is 190 Å². The number of nitrogens with one attached hydrogen (secondary N) is 1. The van der Waals surface area contributed by atoms with Crippen molar-refractivity contribution in [2.75, 3.05) is 38.2 Å². The van der Waals surface area contributed by atoms with Gasteiger partial charge in [-0.2, -0.15) is 4.31 Å². The smallest absolute Gasteiger partial charge is 0.340 e. The number of benzene rings is 2. The van der Waals surface area contributed by atoms with Crippen molar-refractivity contribution in [1.82, 2.24) is 4.31 Å². The lowest BCUT2D eigenvalue weighted by Gasteiger charge is -2.26. The number of para-hydroxylation sites is 1. The quantitative estimate of drug-likeness (QED) is 0.477. The molecule has 32 heavy (non-hydrogen) atoms. The monoisotopic (exact) mass is 480 g/mol. The zero-order valence-electron chi connectivity index (χ0n) is 17.2. The molecule has 0 saturated carbocycles. The van der Waals surface area contributed by atoms with Crippen LogP contribution in [0, 0.1) is 0 Å². The first-order valence-corrected chi connectivity index (χ1v) is 11.5. The molecule has 2 aromatic rings. The summed E-state index contributed by atoms with van der Waals surface area (Å²) < 4.78 is 37.1. The van der Waals surface area contributed by atoms with Crippen LogP contribution in [0.2, 0.25) is 5.02 Å². The van der Waals surface area contributed by atoms with E-state index in [9.17, 15) is 22.8 Å². The number of hydrogen-bond donors (Lipinski definition) is 1. The molecule has 2 aromatic carbocycles. The Morgan fingerprint density at radius 3 is 2.47 bits per heavy atom. The molecule has 1 heterocycles. The van der Waals surface area contributed by atoms with Crippen molar-refractivity contribution in [2.24, 2.45) is 0 Å².